The molecule has 22 heavy (non-hydrogen) atoms. The van der Waals surface area contributed by atoms with Crippen molar-refractivity contribution in [2.75, 3.05) is 6.61 Å². The number of esters is 1. The van der Waals surface area contributed by atoms with Gasteiger partial charge in [-0.15, -0.1) is 0 Å². The smallest absolute Gasteiger partial charge is 0.338 e. The van der Waals surface area contributed by atoms with E-state index in [0.717, 1.165) is 11.1 Å². The van der Waals surface area contributed by atoms with E-state index < -0.39 is 4.92 Å². The zero-order valence-corrected chi connectivity index (χ0v) is 12.1. The van der Waals surface area contributed by atoms with Crippen LogP contribution < -0.4 is 0 Å². The standard InChI is InChI=1S/C17H15NO4/c1-2-22-17(19)15-9-5-13(6-10-15)3-4-14-7-11-16(12-8-14)18(20)21/h3-12H,2H2,1H3. The minimum Gasteiger partial charge on any atom is -0.462 e. The molecule has 2 aromatic rings. The van der Waals surface area contributed by atoms with E-state index in [-0.39, 0.29) is 11.7 Å². The van der Waals surface area contributed by atoms with Crippen LogP contribution in [0.4, 0.5) is 5.69 Å². The molecule has 112 valence electrons. The molecule has 0 saturated carbocycles. The first-order valence-corrected chi connectivity index (χ1v) is 6.80. The van der Waals surface area contributed by atoms with Gasteiger partial charge in [-0.1, -0.05) is 24.3 Å². The summed E-state index contributed by atoms with van der Waals surface area (Å²) in [6.45, 7) is 2.11. The van der Waals surface area contributed by atoms with Crippen molar-refractivity contribution in [3.05, 3.63) is 75.3 Å². The summed E-state index contributed by atoms with van der Waals surface area (Å²) in [5.74, 6) is -0.339. The van der Waals surface area contributed by atoms with Gasteiger partial charge in [-0.2, -0.15) is 0 Å². The first-order valence-electron chi connectivity index (χ1n) is 6.80. The van der Waals surface area contributed by atoms with E-state index in [2.05, 4.69) is 0 Å². The average molecular weight is 297 g/mol. The van der Waals surface area contributed by atoms with Crippen LogP contribution in [0.5, 0.6) is 0 Å². The zero-order valence-electron chi connectivity index (χ0n) is 12.1. The summed E-state index contributed by atoms with van der Waals surface area (Å²) in [5.41, 5.74) is 2.36. The van der Waals surface area contributed by atoms with Crippen molar-refractivity contribution < 1.29 is 14.5 Å². The maximum atomic E-state index is 11.5. The fourth-order valence-electron chi connectivity index (χ4n) is 1.84. The molecule has 0 unspecified atom stereocenters. The summed E-state index contributed by atoms with van der Waals surface area (Å²) in [6.07, 6.45) is 3.72. The quantitative estimate of drug-likeness (QED) is 0.363. The molecule has 2 aromatic carbocycles. The SMILES string of the molecule is CCOC(=O)c1ccc(C=Cc2ccc([N+](=O)[O-])cc2)cc1. The number of rotatable bonds is 5. The van der Waals surface area contributed by atoms with Gasteiger partial charge in [0.1, 0.15) is 0 Å². The van der Waals surface area contributed by atoms with Gasteiger partial charge in [0.2, 0.25) is 0 Å². The highest BCUT2D eigenvalue weighted by molar-refractivity contribution is 5.89. The summed E-state index contributed by atoms with van der Waals surface area (Å²) in [5, 5.41) is 10.6. The Morgan fingerprint density at radius 3 is 2.00 bits per heavy atom. The van der Waals surface area contributed by atoms with E-state index in [1.54, 1.807) is 31.2 Å². The number of ether oxygens (including phenoxy) is 1. The minimum atomic E-state index is -0.429. The van der Waals surface area contributed by atoms with Crippen LogP contribution in [0.3, 0.4) is 0 Å². The molecule has 0 aromatic heterocycles. The predicted molar refractivity (Wildman–Crippen MR) is 84.4 cm³/mol. The highest BCUT2D eigenvalue weighted by Crippen LogP contribution is 2.15. The molecular formula is C17H15NO4. The Kier molecular flexibility index (Phi) is 5.03. The van der Waals surface area contributed by atoms with E-state index in [4.69, 9.17) is 4.74 Å². The minimum absolute atomic E-state index is 0.0657. The van der Waals surface area contributed by atoms with Crippen LogP contribution in [0.1, 0.15) is 28.4 Å². The lowest BCUT2D eigenvalue weighted by atomic mass is 10.1. The van der Waals surface area contributed by atoms with Crippen LogP contribution in [0.25, 0.3) is 12.2 Å². The van der Waals surface area contributed by atoms with Crippen LogP contribution in [0.2, 0.25) is 0 Å². The Morgan fingerprint density at radius 2 is 1.55 bits per heavy atom. The summed E-state index contributed by atoms with van der Waals surface area (Å²) in [6, 6.07) is 13.3. The second kappa shape index (κ2) is 7.17. The third-order valence-electron chi connectivity index (χ3n) is 2.99. The van der Waals surface area contributed by atoms with Crippen molar-refractivity contribution >= 4 is 23.8 Å². The molecule has 0 bridgehead atoms. The van der Waals surface area contributed by atoms with Gasteiger partial charge in [0.05, 0.1) is 17.1 Å². The first kappa shape index (κ1) is 15.4. The number of hydrogen-bond donors (Lipinski definition) is 0. The number of benzene rings is 2. The van der Waals surface area contributed by atoms with E-state index in [1.807, 2.05) is 24.3 Å². The van der Waals surface area contributed by atoms with E-state index in [0.29, 0.717) is 12.2 Å². The number of hydrogen-bond acceptors (Lipinski definition) is 4. The predicted octanol–water partition coefficient (Wildman–Crippen LogP) is 3.94. The first-order chi connectivity index (χ1) is 10.6. The zero-order chi connectivity index (χ0) is 15.9. The summed E-state index contributed by atoms with van der Waals surface area (Å²) in [4.78, 5) is 21.7. The van der Waals surface area contributed by atoms with Crippen molar-refractivity contribution in [2.45, 2.75) is 6.92 Å². The maximum absolute atomic E-state index is 11.5. The van der Waals surface area contributed by atoms with E-state index >= 15 is 0 Å². The maximum Gasteiger partial charge on any atom is 0.338 e. The molecule has 2 rings (SSSR count). The lowest BCUT2D eigenvalue weighted by Gasteiger charge is -2.01. The molecule has 5 nitrogen and oxygen atoms in total. The molecule has 0 spiro atoms. The average Bonchev–Trinajstić information content (AvgIpc) is 2.54. The van der Waals surface area contributed by atoms with Crippen molar-refractivity contribution in [1.82, 2.24) is 0 Å². The van der Waals surface area contributed by atoms with E-state index in [9.17, 15) is 14.9 Å². The highest BCUT2D eigenvalue weighted by Gasteiger charge is 2.05. The lowest BCUT2D eigenvalue weighted by Crippen LogP contribution is -2.03. The molecular weight excluding hydrogens is 282 g/mol. The molecule has 0 amide bonds. The van der Waals surface area contributed by atoms with Gasteiger partial charge < -0.3 is 4.74 Å². The van der Waals surface area contributed by atoms with Gasteiger partial charge in [0.15, 0.2) is 0 Å². The number of nitro groups is 1. The molecule has 0 heterocycles. The molecule has 0 aliphatic carbocycles. The van der Waals surface area contributed by atoms with Gasteiger partial charge in [-0.25, -0.2) is 4.79 Å². The number of carbonyl (C=O) groups excluding carboxylic acids is 1. The van der Waals surface area contributed by atoms with Crippen LogP contribution in [-0.2, 0) is 4.74 Å². The monoisotopic (exact) mass is 297 g/mol. The molecule has 0 N–H and O–H groups in total. The van der Waals surface area contributed by atoms with Crippen LogP contribution in [-0.4, -0.2) is 17.5 Å². The van der Waals surface area contributed by atoms with Gasteiger partial charge in [-0.05, 0) is 42.3 Å². The molecule has 5 heteroatoms. The Bertz CT molecular complexity index is 688. The van der Waals surface area contributed by atoms with Crippen LogP contribution >= 0.6 is 0 Å². The van der Waals surface area contributed by atoms with E-state index in [1.165, 1.54) is 12.1 Å². The Balaban J connectivity index is 2.06. The summed E-state index contributed by atoms with van der Waals surface area (Å²) >= 11 is 0. The Hall–Kier alpha value is -2.95. The van der Waals surface area contributed by atoms with Crippen molar-refractivity contribution in [3.63, 3.8) is 0 Å². The molecule has 0 aliphatic heterocycles. The number of carbonyl (C=O) groups is 1. The topological polar surface area (TPSA) is 69.4 Å². The largest absolute Gasteiger partial charge is 0.462 e. The fraction of sp³-hybridized carbons (Fsp3) is 0.118. The van der Waals surface area contributed by atoms with Gasteiger partial charge in [-0.3, -0.25) is 10.1 Å². The highest BCUT2D eigenvalue weighted by atomic mass is 16.6. The lowest BCUT2D eigenvalue weighted by molar-refractivity contribution is -0.384. The van der Waals surface area contributed by atoms with Gasteiger partial charge in [0.25, 0.3) is 5.69 Å². The molecule has 0 atom stereocenters. The second-order valence-electron chi connectivity index (χ2n) is 4.52. The molecule has 0 fully saturated rings. The Morgan fingerprint density at radius 1 is 1.05 bits per heavy atom. The molecule has 0 radical (unpaired) electrons. The third-order valence-corrected chi connectivity index (χ3v) is 2.99. The molecule has 0 aliphatic rings. The van der Waals surface area contributed by atoms with Gasteiger partial charge in [0, 0.05) is 12.1 Å². The third kappa shape index (κ3) is 4.02. The van der Waals surface area contributed by atoms with Crippen molar-refractivity contribution in [2.24, 2.45) is 0 Å². The fourth-order valence-corrected chi connectivity index (χ4v) is 1.84. The van der Waals surface area contributed by atoms with Crippen LogP contribution in [0, 0.1) is 10.1 Å². The second-order valence-corrected chi connectivity index (χ2v) is 4.52. The Labute approximate surface area is 128 Å². The summed E-state index contributed by atoms with van der Waals surface area (Å²) in [7, 11) is 0. The van der Waals surface area contributed by atoms with Gasteiger partial charge >= 0.3 is 5.97 Å². The van der Waals surface area contributed by atoms with Crippen LogP contribution in [0.15, 0.2) is 48.5 Å². The normalized spacial score (nSPS) is 10.6. The number of non-ortho nitro benzene ring substituents is 1. The molecule has 0 saturated heterocycles. The number of nitrogens with zero attached hydrogens (tertiary/aromatic N) is 1. The number of nitro benzene ring substituents is 1. The summed E-state index contributed by atoms with van der Waals surface area (Å²) < 4.78 is 4.92. The van der Waals surface area contributed by atoms with Crippen molar-refractivity contribution in [3.8, 4) is 0 Å². The van der Waals surface area contributed by atoms with Crippen molar-refractivity contribution in [1.29, 1.82) is 0 Å².